The summed E-state index contributed by atoms with van der Waals surface area (Å²) in [6.07, 6.45) is 3.26. The van der Waals surface area contributed by atoms with Gasteiger partial charge in [0.25, 0.3) is 0 Å². The van der Waals surface area contributed by atoms with Crippen molar-refractivity contribution in [3.05, 3.63) is 36.2 Å². The first-order valence-corrected chi connectivity index (χ1v) is 3.50. The Morgan fingerprint density at radius 2 is 2.31 bits per heavy atom. The summed E-state index contributed by atoms with van der Waals surface area (Å²) in [5, 5.41) is 3.98. The van der Waals surface area contributed by atoms with E-state index in [-0.39, 0.29) is 12.4 Å². The van der Waals surface area contributed by atoms with Gasteiger partial charge in [-0.3, -0.25) is 4.79 Å². The Kier molecular flexibility index (Phi) is 2.53. The molecule has 2 aromatic heterocycles. The zero-order chi connectivity index (χ0) is 8.55. The molecule has 2 heterocycles. The molecule has 0 spiro atoms. The Balaban J connectivity index is 0.000000845. The maximum atomic E-state index is 10.7. The van der Waals surface area contributed by atoms with Crippen LogP contribution in [0.4, 0.5) is 0 Å². The molecule has 1 amide bonds. The van der Waals surface area contributed by atoms with Crippen molar-refractivity contribution < 1.29 is 4.79 Å². The van der Waals surface area contributed by atoms with Crippen LogP contribution in [-0.2, 0) is 0 Å². The van der Waals surface area contributed by atoms with E-state index < -0.39 is 5.91 Å². The van der Waals surface area contributed by atoms with E-state index in [1.165, 1.54) is 6.20 Å². The van der Waals surface area contributed by atoms with Gasteiger partial charge in [-0.05, 0) is 18.2 Å². The van der Waals surface area contributed by atoms with Crippen molar-refractivity contribution in [3.63, 3.8) is 0 Å². The lowest BCUT2D eigenvalue weighted by atomic mass is 10.3. The van der Waals surface area contributed by atoms with Crippen LogP contribution in [-0.4, -0.2) is 15.5 Å². The lowest BCUT2D eigenvalue weighted by Gasteiger charge is -1.95. The number of carbonyl (C=O) groups is 1. The van der Waals surface area contributed by atoms with Gasteiger partial charge >= 0.3 is 0 Å². The maximum absolute atomic E-state index is 10.7. The zero-order valence-electron chi connectivity index (χ0n) is 6.68. The van der Waals surface area contributed by atoms with Crippen LogP contribution in [0, 0.1) is 0 Å². The van der Waals surface area contributed by atoms with Gasteiger partial charge < -0.3 is 5.73 Å². The second-order valence-corrected chi connectivity index (χ2v) is 2.49. The Morgan fingerprint density at radius 1 is 1.54 bits per heavy atom. The van der Waals surface area contributed by atoms with E-state index in [0.29, 0.717) is 5.56 Å². The van der Waals surface area contributed by atoms with Gasteiger partial charge in [0.05, 0.1) is 17.3 Å². The van der Waals surface area contributed by atoms with Gasteiger partial charge in [0.1, 0.15) is 0 Å². The average Bonchev–Trinajstić information content (AvgIpc) is 2.49. The zero-order valence-corrected chi connectivity index (χ0v) is 7.49. The van der Waals surface area contributed by atoms with Crippen molar-refractivity contribution in [3.8, 4) is 0 Å². The van der Waals surface area contributed by atoms with Crippen LogP contribution >= 0.6 is 12.4 Å². The number of primary amides is 1. The van der Waals surface area contributed by atoms with Gasteiger partial charge in [-0.25, -0.2) is 4.52 Å². The topological polar surface area (TPSA) is 60.4 Å². The van der Waals surface area contributed by atoms with Gasteiger partial charge in [0, 0.05) is 6.20 Å². The Labute approximate surface area is 80.8 Å². The summed E-state index contributed by atoms with van der Waals surface area (Å²) < 4.78 is 1.67. The Bertz CT molecular complexity index is 438. The minimum Gasteiger partial charge on any atom is -0.366 e. The fourth-order valence-electron chi connectivity index (χ4n) is 1.06. The van der Waals surface area contributed by atoms with Gasteiger partial charge in [-0.1, -0.05) is 0 Å². The number of aromatic nitrogens is 2. The molecule has 0 aliphatic carbocycles. The van der Waals surface area contributed by atoms with E-state index in [1.807, 2.05) is 12.1 Å². The lowest BCUT2D eigenvalue weighted by Crippen LogP contribution is -2.11. The third-order valence-corrected chi connectivity index (χ3v) is 1.67. The predicted octanol–water partition coefficient (Wildman–Crippen LogP) is 0.855. The molecule has 0 saturated carbocycles. The van der Waals surface area contributed by atoms with Crippen LogP contribution in [0.3, 0.4) is 0 Å². The largest absolute Gasteiger partial charge is 0.366 e. The quantitative estimate of drug-likeness (QED) is 0.737. The normalized spacial score (nSPS) is 9.54. The number of hydrogen-bond donors (Lipinski definition) is 1. The lowest BCUT2D eigenvalue weighted by molar-refractivity contribution is 0.1000. The Morgan fingerprint density at radius 3 is 3.00 bits per heavy atom. The van der Waals surface area contributed by atoms with Crippen LogP contribution in [0.5, 0.6) is 0 Å². The van der Waals surface area contributed by atoms with Gasteiger partial charge in [-0.2, -0.15) is 5.10 Å². The number of carbonyl (C=O) groups excluding carboxylic acids is 1. The summed E-state index contributed by atoms with van der Waals surface area (Å²) in [5.41, 5.74) is 6.38. The molecule has 0 fully saturated rings. The molecule has 2 aromatic rings. The van der Waals surface area contributed by atoms with E-state index >= 15 is 0 Å². The molecule has 0 bridgehead atoms. The highest BCUT2D eigenvalue weighted by molar-refractivity contribution is 5.93. The van der Waals surface area contributed by atoms with Crippen molar-refractivity contribution >= 4 is 23.8 Å². The first-order valence-electron chi connectivity index (χ1n) is 3.50. The van der Waals surface area contributed by atoms with E-state index in [2.05, 4.69) is 5.10 Å². The first-order chi connectivity index (χ1) is 5.77. The standard InChI is InChI=1S/C8H7N3O.ClH/c9-8(12)6-4-7-2-1-3-11(7)10-5-6;/h1-5H,(H2,9,12);1H. The molecule has 0 saturated heterocycles. The van der Waals surface area contributed by atoms with Crippen LogP contribution in [0.25, 0.3) is 5.52 Å². The number of amides is 1. The second-order valence-electron chi connectivity index (χ2n) is 2.49. The molecule has 2 N–H and O–H groups in total. The summed E-state index contributed by atoms with van der Waals surface area (Å²) in [7, 11) is 0. The molecule has 0 aliphatic heterocycles. The Hall–Kier alpha value is -1.55. The highest BCUT2D eigenvalue weighted by atomic mass is 35.5. The molecular weight excluding hydrogens is 190 g/mol. The number of nitrogens with zero attached hydrogens (tertiary/aromatic N) is 2. The fraction of sp³-hybridized carbons (Fsp3) is 0. The van der Waals surface area contributed by atoms with Crippen LogP contribution in [0.2, 0.25) is 0 Å². The number of halogens is 1. The number of fused-ring (bicyclic) bond motifs is 1. The molecular formula is C8H8ClN3O. The van der Waals surface area contributed by atoms with Crippen molar-refractivity contribution in [2.24, 2.45) is 5.73 Å². The van der Waals surface area contributed by atoms with Crippen molar-refractivity contribution in [2.75, 3.05) is 0 Å². The number of nitrogens with two attached hydrogens (primary N) is 1. The SMILES string of the molecule is Cl.NC(=O)c1cnn2cccc2c1. The molecule has 0 aromatic carbocycles. The molecule has 0 atom stereocenters. The maximum Gasteiger partial charge on any atom is 0.250 e. The number of rotatable bonds is 1. The monoisotopic (exact) mass is 197 g/mol. The van der Waals surface area contributed by atoms with E-state index in [1.54, 1.807) is 16.8 Å². The average molecular weight is 198 g/mol. The summed E-state index contributed by atoms with van der Waals surface area (Å²) in [6, 6.07) is 5.42. The molecule has 4 nitrogen and oxygen atoms in total. The van der Waals surface area contributed by atoms with Gasteiger partial charge in [0.2, 0.25) is 5.91 Å². The van der Waals surface area contributed by atoms with E-state index in [0.717, 1.165) is 5.52 Å². The number of hydrogen-bond acceptors (Lipinski definition) is 2. The van der Waals surface area contributed by atoms with Crippen LogP contribution in [0.15, 0.2) is 30.6 Å². The summed E-state index contributed by atoms with van der Waals surface area (Å²) in [6.45, 7) is 0. The fourth-order valence-corrected chi connectivity index (χ4v) is 1.06. The molecule has 0 aliphatic rings. The molecule has 0 radical (unpaired) electrons. The van der Waals surface area contributed by atoms with Crippen molar-refractivity contribution in [1.82, 2.24) is 9.61 Å². The van der Waals surface area contributed by atoms with Crippen molar-refractivity contribution in [2.45, 2.75) is 0 Å². The molecule has 5 heteroatoms. The van der Waals surface area contributed by atoms with E-state index in [9.17, 15) is 4.79 Å². The molecule has 68 valence electrons. The van der Waals surface area contributed by atoms with Crippen LogP contribution < -0.4 is 5.73 Å². The highest BCUT2D eigenvalue weighted by Gasteiger charge is 2.01. The molecule has 13 heavy (non-hydrogen) atoms. The second kappa shape index (κ2) is 3.45. The van der Waals surface area contributed by atoms with Crippen molar-refractivity contribution in [1.29, 1.82) is 0 Å². The predicted molar refractivity (Wildman–Crippen MR) is 51.0 cm³/mol. The first kappa shape index (κ1) is 9.54. The summed E-state index contributed by atoms with van der Waals surface area (Å²) in [5.74, 6) is -0.453. The van der Waals surface area contributed by atoms with Crippen LogP contribution in [0.1, 0.15) is 10.4 Å². The summed E-state index contributed by atoms with van der Waals surface area (Å²) >= 11 is 0. The van der Waals surface area contributed by atoms with Gasteiger partial charge in [0.15, 0.2) is 0 Å². The smallest absolute Gasteiger partial charge is 0.250 e. The third kappa shape index (κ3) is 1.62. The van der Waals surface area contributed by atoms with E-state index in [4.69, 9.17) is 5.73 Å². The minimum atomic E-state index is -0.453. The summed E-state index contributed by atoms with van der Waals surface area (Å²) in [4.78, 5) is 10.7. The highest BCUT2D eigenvalue weighted by Crippen LogP contribution is 2.04. The van der Waals surface area contributed by atoms with Gasteiger partial charge in [-0.15, -0.1) is 12.4 Å². The molecule has 0 unspecified atom stereocenters. The third-order valence-electron chi connectivity index (χ3n) is 1.67. The minimum absolute atomic E-state index is 0. The molecule has 2 rings (SSSR count).